The molecule has 3 fully saturated rings. The fourth-order valence-electron chi connectivity index (χ4n) is 3.75. The maximum atomic E-state index is 12.4. The molecular weight excluding hydrogens is 304 g/mol. The number of aromatic nitrogens is 2. The van der Waals surface area contributed by atoms with Gasteiger partial charge < -0.3 is 9.80 Å². The predicted molar refractivity (Wildman–Crippen MR) is 78.8 cm³/mol. The maximum Gasteiger partial charge on any atom is 0.312 e. The number of hydrogen-bond donors (Lipinski definition) is 0. The fraction of sp³-hybridized carbons (Fsp3) is 0.600. The van der Waals surface area contributed by atoms with Crippen molar-refractivity contribution in [1.82, 2.24) is 20.0 Å². The van der Waals surface area contributed by atoms with E-state index in [4.69, 9.17) is 11.6 Å². The van der Waals surface area contributed by atoms with Crippen molar-refractivity contribution in [3.63, 3.8) is 0 Å². The van der Waals surface area contributed by atoms with Crippen LogP contribution in [-0.4, -0.2) is 50.9 Å². The van der Waals surface area contributed by atoms with Gasteiger partial charge in [0.15, 0.2) is 5.15 Å². The zero-order valence-electron chi connectivity index (χ0n) is 12.1. The van der Waals surface area contributed by atoms with E-state index in [9.17, 15) is 9.59 Å². The monoisotopic (exact) mass is 320 g/mol. The van der Waals surface area contributed by atoms with Crippen LogP contribution in [-0.2, 0) is 16.1 Å². The molecule has 0 aromatic carbocycles. The quantitative estimate of drug-likeness (QED) is 0.782. The average Bonchev–Trinajstić information content (AvgIpc) is 3.12. The number of rotatable bonds is 3. The van der Waals surface area contributed by atoms with Gasteiger partial charge in [0.1, 0.15) is 0 Å². The standard InChI is InChI=1S/C15H17ClN4O2/c16-13-2-1-11(17-18-13)8-19-3-4-20(15(22)14(19)21)12-6-9-5-10(9)7-12/h1-2,9-10,12H,3-8H2. The van der Waals surface area contributed by atoms with Crippen molar-refractivity contribution in [1.29, 1.82) is 0 Å². The van der Waals surface area contributed by atoms with Gasteiger partial charge >= 0.3 is 11.8 Å². The van der Waals surface area contributed by atoms with E-state index in [-0.39, 0.29) is 11.9 Å². The third-order valence-electron chi connectivity index (χ3n) is 5.04. The largest absolute Gasteiger partial charge is 0.330 e. The minimum absolute atomic E-state index is 0.276. The van der Waals surface area contributed by atoms with Gasteiger partial charge in [-0.25, -0.2) is 0 Å². The van der Waals surface area contributed by atoms with Crippen molar-refractivity contribution in [2.24, 2.45) is 11.8 Å². The van der Waals surface area contributed by atoms with E-state index in [2.05, 4.69) is 10.2 Å². The van der Waals surface area contributed by atoms with Gasteiger partial charge in [0.2, 0.25) is 0 Å². The van der Waals surface area contributed by atoms with Crippen LogP contribution in [0.1, 0.15) is 25.0 Å². The minimum Gasteiger partial charge on any atom is -0.330 e. The summed E-state index contributed by atoms with van der Waals surface area (Å²) >= 11 is 5.70. The van der Waals surface area contributed by atoms with Crippen LogP contribution >= 0.6 is 11.6 Å². The van der Waals surface area contributed by atoms with Gasteiger partial charge in [-0.05, 0) is 43.2 Å². The molecule has 22 heavy (non-hydrogen) atoms. The molecule has 0 N–H and O–H groups in total. The molecule has 0 bridgehead atoms. The minimum atomic E-state index is -0.427. The van der Waals surface area contributed by atoms with Gasteiger partial charge in [0, 0.05) is 19.1 Å². The van der Waals surface area contributed by atoms with Gasteiger partial charge in [-0.3, -0.25) is 9.59 Å². The maximum absolute atomic E-state index is 12.4. The molecule has 1 aromatic rings. The first-order chi connectivity index (χ1) is 10.6. The summed E-state index contributed by atoms with van der Waals surface area (Å²) in [5, 5.41) is 8.02. The van der Waals surface area contributed by atoms with E-state index < -0.39 is 5.91 Å². The molecule has 1 aliphatic heterocycles. The first kappa shape index (κ1) is 13.9. The molecule has 2 amide bonds. The van der Waals surface area contributed by atoms with Crippen molar-refractivity contribution in [2.45, 2.75) is 31.8 Å². The second-order valence-electron chi connectivity index (χ2n) is 6.45. The van der Waals surface area contributed by atoms with E-state index in [1.54, 1.807) is 21.9 Å². The van der Waals surface area contributed by atoms with Crippen LogP contribution in [0, 0.1) is 11.8 Å². The molecule has 2 aliphatic carbocycles. The highest BCUT2D eigenvalue weighted by Gasteiger charge is 2.49. The summed E-state index contributed by atoms with van der Waals surface area (Å²) in [5.74, 6) is 0.814. The Morgan fingerprint density at radius 1 is 1.05 bits per heavy atom. The first-order valence-electron chi connectivity index (χ1n) is 7.70. The molecule has 0 spiro atoms. The summed E-state index contributed by atoms with van der Waals surface area (Å²) in [4.78, 5) is 28.0. The fourth-order valence-corrected chi connectivity index (χ4v) is 3.85. The Balaban J connectivity index is 1.41. The third-order valence-corrected chi connectivity index (χ3v) is 5.24. The molecule has 4 rings (SSSR count). The zero-order chi connectivity index (χ0) is 15.3. The number of carbonyl (C=O) groups is 2. The number of hydrogen-bond acceptors (Lipinski definition) is 4. The number of carbonyl (C=O) groups excluding carboxylic acids is 2. The summed E-state index contributed by atoms with van der Waals surface area (Å²) in [7, 11) is 0. The zero-order valence-corrected chi connectivity index (χ0v) is 12.9. The van der Waals surface area contributed by atoms with Crippen LogP contribution in [0.3, 0.4) is 0 Å². The summed E-state index contributed by atoms with van der Waals surface area (Å²) < 4.78 is 0. The molecule has 0 radical (unpaired) electrons. The second kappa shape index (κ2) is 5.19. The summed E-state index contributed by atoms with van der Waals surface area (Å²) in [6.45, 7) is 1.48. The molecule has 2 atom stereocenters. The van der Waals surface area contributed by atoms with Crippen LogP contribution in [0.15, 0.2) is 12.1 Å². The second-order valence-corrected chi connectivity index (χ2v) is 6.84. The molecule has 2 unspecified atom stereocenters. The topological polar surface area (TPSA) is 66.4 Å². The lowest BCUT2D eigenvalue weighted by molar-refractivity contribution is -0.158. The molecule has 3 aliphatic rings. The van der Waals surface area contributed by atoms with Gasteiger partial charge in [-0.15, -0.1) is 5.10 Å². The molecule has 7 heteroatoms. The Hall–Kier alpha value is -1.69. The van der Waals surface area contributed by atoms with Crippen molar-refractivity contribution in [3.8, 4) is 0 Å². The van der Waals surface area contributed by atoms with Crippen molar-refractivity contribution in [2.75, 3.05) is 13.1 Å². The van der Waals surface area contributed by atoms with Crippen LogP contribution < -0.4 is 0 Å². The highest BCUT2D eigenvalue weighted by atomic mass is 35.5. The number of halogens is 1. The number of fused-ring (bicyclic) bond motifs is 1. The SMILES string of the molecule is O=C1C(=O)N(C2CC3CC3C2)CCN1Cc1ccc(Cl)nn1. The van der Waals surface area contributed by atoms with Crippen molar-refractivity contribution < 1.29 is 9.59 Å². The third kappa shape index (κ3) is 2.45. The van der Waals surface area contributed by atoms with Crippen LogP contribution in [0.4, 0.5) is 0 Å². The van der Waals surface area contributed by atoms with E-state index in [1.165, 1.54) is 6.42 Å². The smallest absolute Gasteiger partial charge is 0.312 e. The van der Waals surface area contributed by atoms with Crippen molar-refractivity contribution >= 4 is 23.4 Å². The number of nitrogens with zero attached hydrogens (tertiary/aromatic N) is 4. The van der Waals surface area contributed by atoms with Crippen molar-refractivity contribution in [3.05, 3.63) is 23.0 Å². The molecule has 1 aromatic heterocycles. The molecule has 2 heterocycles. The molecule has 1 saturated heterocycles. The lowest BCUT2D eigenvalue weighted by Gasteiger charge is -2.37. The average molecular weight is 321 g/mol. The summed E-state index contributed by atoms with van der Waals surface area (Å²) in [6, 6.07) is 3.64. The van der Waals surface area contributed by atoms with Crippen LogP contribution in [0.25, 0.3) is 0 Å². The highest BCUT2D eigenvalue weighted by Crippen LogP contribution is 2.53. The summed E-state index contributed by atoms with van der Waals surface area (Å²) in [6.07, 6.45) is 3.46. The molecule has 116 valence electrons. The highest BCUT2D eigenvalue weighted by molar-refractivity contribution is 6.35. The van der Waals surface area contributed by atoms with Gasteiger partial charge in [-0.2, -0.15) is 5.10 Å². The number of amides is 2. The van der Waals surface area contributed by atoms with E-state index >= 15 is 0 Å². The lowest BCUT2D eigenvalue weighted by Crippen LogP contribution is -2.56. The van der Waals surface area contributed by atoms with Gasteiger partial charge in [0.05, 0.1) is 12.2 Å². The first-order valence-corrected chi connectivity index (χ1v) is 8.07. The predicted octanol–water partition coefficient (Wildman–Crippen LogP) is 1.10. The Morgan fingerprint density at radius 2 is 1.82 bits per heavy atom. The van der Waals surface area contributed by atoms with E-state index in [0.717, 1.165) is 24.7 Å². The Labute approximate surface area is 133 Å². The summed E-state index contributed by atoms with van der Waals surface area (Å²) in [5.41, 5.74) is 0.640. The van der Waals surface area contributed by atoms with Gasteiger partial charge in [0.25, 0.3) is 0 Å². The van der Waals surface area contributed by atoms with Gasteiger partial charge in [-0.1, -0.05) is 11.6 Å². The lowest BCUT2D eigenvalue weighted by atomic mass is 10.1. The van der Waals surface area contributed by atoms with E-state index in [0.29, 0.717) is 30.5 Å². The molecule has 6 nitrogen and oxygen atoms in total. The Morgan fingerprint density at radius 3 is 2.50 bits per heavy atom. The Bertz CT molecular complexity index is 610. The van der Waals surface area contributed by atoms with E-state index in [1.807, 2.05) is 0 Å². The van der Waals surface area contributed by atoms with Crippen LogP contribution in [0.5, 0.6) is 0 Å². The Kier molecular flexibility index (Phi) is 3.29. The number of piperazine rings is 1. The molecule has 2 saturated carbocycles. The van der Waals surface area contributed by atoms with Crippen LogP contribution in [0.2, 0.25) is 5.15 Å². The normalized spacial score (nSPS) is 30.7. The molecular formula is C15H17ClN4O2.